The van der Waals surface area contributed by atoms with Crippen molar-refractivity contribution in [2.24, 2.45) is 12.0 Å². The highest BCUT2D eigenvalue weighted by atomic mass is 32.2. The highest BCUT2D eigenvalue weighted by Crippen LogP contribution is 2.21. The fourth-order valence-electron chi connectivity index (χ4n) is 2.91. The fraction of sp³-hybridized carbons (Fsp3) is 0.765. The molecular weight excluding hydrogens is 368 g/mol. The van der Waals surface area contributed by atoms with Gasteiger partial charge in [0, 0.05) is 52.0 Å². The predicted molar refractivity (Wildman–Crippen MR) is 106 cm³/mol. The Morgan fingerprint density at radius 3 is 2.89 bits per heavy atom. The van der Waals surface area contributed by atoms with Gasteiger partial charge in [-0.1, -0.05) is 0 Å². The molecule has 154 valence electrons. The van der Waals surface area contributed by atoms with Gasteiger partial charge < -0.3 is 15.0 Å². The van der Waals surface area contributed by atoms with Gasteiger partial charge in [-0.05, 0) is 20.3 Å². The van der Waals surface area contributed by atoms with E-state index in [1.807, 2.05) is 26.4 Å². The van der Waals surface area contributed by atoms with E-state index in [-0.39, 0.29) is 11.9 Å². The summed E-state index contributed by atoms with van der Waals surface area (Å²) in [6, 6.07) is 0. The minimum absolute atomic E-state index is 0.0304. The first-order valence-electron chi connectivity index (χ1n) is 9.44. The van der Waals surface area contributed by atoms with Gasteiger partial charge in [-0.15, -0.1) is 0 Å². The van der Waals surface area contributed by atoms with Crippen LogP contribution < -0.4 is 5.32 Å². The van der Waals surface area contributed by atoms with Crippen molar-refractivity contribution in [3.63, 3.8) is 0 Å². The summed E-state index contributed by atoms with van der Waals surface area (Å²) in [7, 11) is 0.382. The number of aromatic nitrogens is 2. The predicted octanol–water partition coefficient (Wildman–Crippen LogP) is 0.431. The van der Waals surface area contributed by atoms with Gasteiger partial charge in [-0.25, -0.2) is 12.7 Å². The van der Waals surface area contributed by atoms with Crippen LogP contribution in [0.15, 0.2) is 17.4 Å². The Morgan fingerprint density at radius 1 is 1.48 bits per heavy atom. The first kappa shape index (κ1) is 21.6. The molecule has 0 amide bonds. The zero-order valence-electron chi connectivity index (χ0n) is 16.8. The highest BCUT2D eigenvalue weighted by molar-refractivity contribution is 7.89. The molecule has 1 atom stereocenters. The zero-order valence-corrected chi connectivity index (χ0v) is 17.6. The second kappa shape index (κ2) is 10.0. The van der Waals surface area contributed by atoms with Gasteiger partial charge in [-0.2, -0.15) is 5.10 Å². The van der Waals surface area contributed by atoms with Crippen molar-refractivity contribution in [2.45, 2.75) is 26.4 Å². The first-order valence-corrected chi connectivity index (χ1v) is 11.1. The molecule has 1 saturated heterocycles. The van der Waals surface area contributed by atoms with Gasteiger partial charge in [0.25, 0.3) is 0 Å². The summed E-state index contributed by atoms with van der Waals surface area (Å²) in [6.45, 7) is 7.62. The molecule has 1 N–H and O–H groups in total. The Morgan fingerprint density at radius 2 is 2.26 bits per heavy atom. The maximum Gasteiger partial charge on any atom is 0.213 e. The van der Waals surface area contributed by atoms with Crippen LogP contribution in [-0.4, -0.2) is 85.5 Å². The number of guanidine groups is 1. The summed E-state index contributed by atoms with van der Waals surface area (Å²) < 4.78 is 32.7. The van der Waals surface area contributed by atoms with Crippen LogP contribution in [-0.2, 0) is 21.8 Å². The number of rotatable bonds is 8. The minimum atomic E-state index is -3.13. The molecule has 0 aliphatic carbocycles. The van der Waals surface area contributed by atoms with E-state index in [2.05, 4.69) is 20.3 Å². The summed E-state index contributed by atoms with van der Waals surface area (Å²) in [5.74, 6) is 0.967. The van der Waals surface area contributed by atoms with Crippen LogP contribution in [0.2, 0.25) is 0 Å². The first-order chi connectivity index (χ1) is 12.9. The Balaban J connectivity index is 1.93. The van der Waals surface area contributed by atoms with Crippen LogP contribution in [0.25, 0.3) is 0 Å². The van der Waals surface area contributed by atoms with E-state index in [0.717, 1.165) is 24.6 Å². The number of sulfonamides is 1. The number of morpholine rings is 1. The van der Waals surface area contributed by atoms with Crippen molar-refractivity contribution in [1.82, 2.24) is 24.3 Å². The number of hydrogen-bond donors (Lipinski definition) is 1. The lowest BCUT2D eigenvalue weighted by Gasteiger charge is -2.34. The molecule has 1 aliphatic heterocycles. The molecule has 1 aromatic heterocycles. The molecule has 1 unspecified atom stereocenters. The lowest BCUT2D eigenvalue weighted by molar-refractivity contribution is -0.00804. The Bertz CT molecular complexity index is 718. The summed E-state index contributed by atoms with van der Waals surface area (Å²) in [5.41, 5.74) is 1.06. The quantitative estimate of drug-likeness (QED) is 0.387. The number of nitrogens with zero attached hydrogens (tertiary/aromatic N) is 5. The van der Waals surface area contributed by atoms with E-state index >= 15 is 0 Å². The van der Waals surface area contributed by atoms with Crippen molar-refractivity contribution in [3.8, 4) is 0 Å². The fourth-order valence-corrected chi connectivity index (χ4v) is 3.76. The molecule has 1 aromatic rings. The smallest absolute Gasteiger partial charge is 0.213 e. The lowest BCUT2D eigenvalue weighted by atomic mass is 10.1. The molecule has 2 rings (SSSR count). The van der Waals surface area contributed by atoms with Gasteiger partial charge in [0.1, 0.15) is 6.10 Å². The number of hydrogen-bond acceptors (Lipinski definition) is 5. The average molecular weight is 401 g/mol. The van der Waals surface area contributed by atoms with Gasteiger partial charge in [0.05, 0.1) is 25.1 Å². The normalized spacial score (nSPS) is 18.9. The standard InChI is InChI=1S/C17H32N6O3S/c1-5-18-17(19-8-7-9-22(4)27(24,25)6-2)23-10-11-26-16(14-23)15-12-20-21(3)13-15/h12-13,16H,5-11,14H2,1-4H3,(H,18,19). The van der Waals surface area contributed by atoms with Crippen LogP contribution >= 0.6 is 0 Å². The molecule has 27 heavy (non-hydrogen) atoms. The molecule has 0 radical (unpaired) electrons. The summed E-state index contributed by atoms with van der Waals surface area (Å²) in [5, 5.41) is 7.55. The van der Waals surface area contributed by atoms with E-state index in [9.17, 15) is 8.42 Å². The van der Waals surface area contributed by atoms with Crippen molar-refractivity contribution >= 4 is 16.0 Å². The summed E-state index contributed by atoms with van der Waals surface area (Å²) in [4.78, 5) is 6.88. The topological polar surface area (TPSA) is 92.1 Å². The molecule has 9 nitrogen and oxygen atoms in total. The van der Waals surface area contributed by atoms with Crippen LogP contribution in [0.5, 0.6) is 0 Å². The second-order valence-corrected chi connectivity index (χ2v) is 8.93. The molecule has 0 spiro atoms. The number of nitrogens with one attached hydrogen (secondary N) is 1. The molecular formula is C17H32N6O3S. The molecule has 1 fully saturated rings. The largest absolute Gasteiger partial charge is 0.370 e. The second-order valence-electron chi connectivity index (χ2n) is 6.56. The van der Waals surface area contributed by atoms with E-state index in [1.54, 1.807) is 18.7 Å². The third-order valence-corrected chi connectivity index (χ3v) is 6.39. The van der Waals surface area contributed by atoms with Crippen LogP contribution in [0, 0.1) is 0 Å². The third kappa shape index (κ3) is 6.18. The Kier molecular flexibility index (Phi) is 8.06. The Labute approximate surface area is 162 Å². The maximum absolute atomic E-state index is 11.8. The van der Waals surface area contributed by atoms with Crippen LogP contribution in [0.1, 0.15) is 31.9 Å². The van der Waals surface area contributed by atoms with E-state index in [0.29, 0.717) is 32.7 Å². The molecule has 0 aromatic carbocycles. The summed E-state index contributed by atoms with van der Waals surface area (Å²) >= 11 is 0. The minimum Gasteiger partial charge on any atom is -0.370 e. The monoisotopic (exact) mass is 400 g/mol. The number of aliphatic imine (C=N–C) groups is 1. The SMILES string of the molecule is CCNC(=NCCCN(C)S(=O)(=O)CC)N1CCOC(c2cnn(C)c2)C1. The van der Waals surface area contributed by atoms with Gasteiger partial charge >= 0.3 is 0 Å². The average Bonchev–Trinajstić information content (AvgIpc) is 3.10. The lowest BCUT2D eigenvalue weighted by Crippen LogP contribution is -2.48. The third-order valence-electron chi connectivity index (χ3n) is 4.53. The van der Waals surface area contributed by atoms with Crippen LogP contribution in [0.3, 0.4) is 0 Å². The molecule has 1 aliphatic rings. The molecule has 10 heteroatoms. The van der Waals surface area contributed by atoms with Crippen LogP contribution in [0.4, 0.5) is 0 Å². The maximum atomic E-state index is 11.8. The number of ether oxygens (including phenoxy) is 1. The van der Waals surface area contributed by atoms with E-state index < -0.39 is 10.0 Å². The molecule has 0 saturated carbocycles. The Hall–Kier alpha value is -1.65. The van der Waals surface area contributed by atoms with Gasteiger partial charge in [0.2, 0.25) is 10.0 Å². The van der Waals surface area contributed by atoms with Crippen molar-refractivity contribution in [1.29, 1.82) is 0 Å². The van der Waals surface area contributed by atoms with E-state index in [4.69, 9.17) is 4.74 Å². The van der Waals surface area contributed by atoms with Gasteiger partial charge in [0.15, 0.2) is 5.96 Å². The van der Waals surface area contributed by atoms with Crippen molar-refractivity contribution in [2.75, 3.05) is 52.1 Å². The van der Waals surface area contributed by atoms with Crippen molar-refractivity contribution in [3.05, 3.63) is 18.0 Å². The molecule has 2 heterocycles. The van der Waals surface area contributed by atoms with Gasteiger partial charge in [-0.3, -0.25) is 9.67 Å². The number of aryl methyl sites for hydroxylation is 1. The zero-order chi connectivity index (χ0) is 19.9. The highest BCUT2D eigenvalue weighted by Gasteiger charge is 2.25. The van der Waals surface area contributed by atoms with Crippen molar-refractivity contribution < 1.29 is 13.2 Å². The van der Waals surface area contributed by atoms with E-state index in [1.165, 1.54) is 4.31 Å². The molecule has 0 bridgehead atoms. The summed E-state index contributed by atoms with van der Waals surface area (Å²) in [6.07, 6.45) is 4.46.